The zero-order valence-corrected chi connectivity index (χ0v) is 10.4. The van der Waals surface area contributed by atoms with Gasteiger partial charge in [0, 0.05) is 24.2 Å². The summed E-state index contributed by atoms with van der Waals surface area (Å²) in [6.45, 7) is 9.61. The molecule has 0 aliphatic rings. The topological polar surface area (TPSA) is 37.0 Å². The van der Waals surface area contributed by atoms with E-state index in [2.05, 4.69) is 36.4 Å². The van der Waals surface area contributed by atoms with Gasteiger partial charge in [0.05, 0.1) is 6.20 Å². The van der Waals surface area contributed by atoms with E-state index >= 15 is 0 Å². The number of pyridine rings is 1. The molecule has 0 spiro atoms. The highest BCUT2D eigenvalue weighted by Crippen LogP contribution is 2.14. The normalized spacial score (nSPS) is 11.6. The molecule has 0 aliphatic heterocycles. The minimum Gasteiger partial charge on any atom is -0.370 e. The molecule has 2 N–H and O–H groups in total. The summed E-state index contributed by atoms with van der Waals surface area (Å²) in [4.78, 5) is 4.04. The fourth-order valence-corrected chi connectivity index (χ4v) is 1.30. The van der Waals surface area contributed by atoms with Gasteiger partial charge < -0.3 is 10.6 Å². The van der Waals surface area contributed by atoms with Crippen molar-refractivity contribution in [2.24, 2.45) is 0 Å². The molecule has 1 aromatic rings. The van der Waals surface area contributed by atoms with E-state index in [0.717, 1.165) is 17.9 Å². The van der Waals surface area contributed by atoms with Crippen LogP contribution in [0, 0.1) is 5.82 Å². The molecule has 0 amide bonds. The molecule has 0 bridgehead atoms. The van der Waals surface area contributed by atoms with Crippen LogP contribution in [0.15, 0.2) is 12.3 Å². The van der Waals surface area contributed by atoms with Crippen molar-refractivity contribution >= 4 is 5.82 Å². The summed E-state index contributed by atoms with van der Waals surface area (Å²) >= 11 is 0. The van der Waals surface area contributed by atoms with Crippen molar-refractivity contribution in [2.45, 2.75) is 39.8 Å². The molecule has 0 saturated heterocycles. The molecule has 0 aromatic carbocycles. The van der Waals surface area contributed by atoms with Crippen LogP contribution in [-0.2, 0) is 6.54 Å². The molecule has 4 heteroatoms. The Hall–Kier alpha value is -1.16. The summed E-state index contributed by atoms with van der Waals surface area (Å²) in [5.74, 6) is 0.452. The van der Waals surface area contributed by atoms with Crippen molar-refractivity contribution < 1.29 is 4.39 Å². The average molecular weight is 225 g/mol. The Kier molecular flexibility index (Phi) is 4.24. The lowest BCUT2D eigenvalue weighted by Gasteiger charge is -2.21. The van der Waals surface area contributed by atoms with Crippen LogP contribution < -0.4 is 10.6 Å². The number of hydrogen-bond acceptors (Lipinski definition) is 3. The first-order chi connectivity index (χ1) is 7.42. The monoisotopic (exact) mass is 225 g/mol. The van der Waals surface area contributed by atoms with Crippen molar-refractivity contribution in [1.82, 2.24) is 10.3 Å². The van der Waals surface area contributed by atoms with E-state index in [-0.39, 0.29) is 11.4 Å². The molecule has 0 saturated carbocycles. The number of hydrogen-bond donors (Lipinski definition) is 2. The molecule has 1 aromatic heterocycles. The standard InChI is InChI=1S/C12H20FN3/c1-5-14-11-9(6-10(13)8-15-11)7-16-12(2,3)4/h6,8,16H,5,7H2,1-4H3,(H,14,15). The fraction of sp³-hybridized carbons (Fsp3) is 0.583. The number of anilines is 1. The van der Waals surface area contributed by atoms with E-state index in [0.29, 0.717) is 6.54 Å². The fourth-order valence-electron chi connectivity index (χ4n) is 1.30. The number of rotatable bonds is 4. The molecule has 3 nitrogen and oxygen atoms in total. The van der Waals surface area contributed by atoms with Gasteiger partial charge in [0.1, 0.15) is 11.6 Å². The van der Waals surface area contributed by atoms with Gasteiger partial charge in [-0.05, 0) is 33.8 Å². The second kappa shape index (κ2) is 5.25. The van der Waals surface area contributed by atoms with E-state index < -0.39 is 0 Å². The van der Waals surface area contributed by atoms with Gasteiger partial charge in [0.2, 0.25) is 0 Å². The number of aromatic nitrogens is 1. The largest absolute Gasteiger partial charge is 0.370 e. The minimum atomic E-state index is -0.299. The van der Waals surface area contributed by atoms with Crippen LogP contribution in [-0.4, -0.2) is 17.1 Å². The molecule has 1 rings (SSSR count). The number of nitrogens with one attached hydrogen (secondary N) is 2. The lowest BCUT2D eigenvalue weighted by molar-refractivity contribution is 0.423. The zero-order chi connectivity index (χ0) is 12.2. The van der Waals surface area contributed by atoms with Crippen molar-refractivity contribution in [3.8, 4) is 0 Å². The Morgan fingerprint density at radius 1 is 1.38 bits per heavy atom. The lowest BCUT2D eigenvalue weighted by Crippen LogP contribution is -2.35. The van der Waals surface area contributed by atoms with Crippen molar-refractivity contribution in [1.29, 1.82) is 0 Å². The van der Waals surface area contributed by atoms with Gasteiger partial charge in [-0.1, -0.05) is 0 Å². The summed E-state index contributed by atoms with van der Waals surface area (Å²) in [5.41, 5.74) is 0.868. The summed E-state index contributed by atoms with van der Waals surface area (Å²) < 4.78 is 13.1. The maximum atomic E-state index is 13.1. The quantitative estimate of drug-likeness (QED) is 0.827. The number of nitrogens with zero attached hydrogens (tertiary/aromatic N) is 1. The van der Waals surface area contributed by atoms with Crippen LogP contribution in [0.5, 0.6) is 0 Å². The maximum absolute atomic E-state index is 13.1. The molecule has 0 atom stereocenters. The number of halogens is 1. The molecular formula is C12H20FN3. The predicted octanol–water partition coefficient (Wildman–Crippen LogP) is 2.54. The first kappa shape index (κ1) is 12.9. The molecule has 0 unspecified atom stereocenters. The summed E-state index contributed by atoms with van der Waals surface area (Å²) in [6.07, 6.45) is 1.23. The van der Waals surface area contributed by atoms with Gasteiger partial charge in [-0.2, -0.15) is 0 Å². The predicted molar refractivity (Wildman–Crippen MR) is 65.0 cm³/mol. The van der Waals surface area contributed by atoms with Crippen molar-refractivity contribution in [3.63, 3.8) is 0 Å². The van der Waals surface area contributed by atoms with Crippen LogP contribution in [0.2, 0.25) is 0 Å². The third-order valence-corrected chi connectivity index (χ3v) is 2.09. The van der Waals surface area contributed by atoms with Crippen LogP contribution in [0.3, 0.4) is 0 Å². The molecule has 0 fully saturated rings. The summed E-state index contributed by atoms with van der Waals surface area (Å²) in [5, 5.41) is 6.44. The smallest absolute Gasteiger partial charge is 0.141 e. The Morgan fingerprint density at radius 2 is 2.06 bits per heavy atom. The molecule has 90 valence electrons. The molecular weight excluding hydrogens is 205 g/mol. The van der Waals surface area contributed by atoms with Crippen molar-refractivity contribution in [2.75, 3.05) is 11.9 Å². The van der Waals surface area contributed by atoms with Crippen LogP contribution >= 0.6 is 0 Å². The third-order valence-electron chi connectivity index (χ3n) is 2.09. The van der Waals surface area contributed by atoms with Gasteiger partial charge in [0.15, 0.2) is 0 Å². The van der Waals surface area contributed by atoms with E-state index in [4.69, 9.17) is 0 Å². The van der Waals surface area contributed by atoms with Gasteiger partial charge in [-0.25, -0.2) is 9.37 Å². The highest BCUT2D eigenvalue weighted by atomic mass is 19.1. The summed E-state index contributed by atoms with van der Waals surface area (Å²) in [6, 6.07) is 1.52. The second-order valence-corrected chi connectivity index (χ2v) is 4.80. The first-order valence-electron chi connectivity index (χ1n) is 5.55. The maximum Gasteiger partial charge on any atom is 0.141 e. The van der Waals surface area contributed by atoms with E-state index in [1.807, 2.05) is 6.92 Å². The second-order valence-electron chi connectivity index (χ2n) is 4.80. The summed E-state index contributed by atoms with van der Waals surface area (Å²) in [7, 11) is 0. The Bertz CT molecular complexity index is 345. The van der Waals surface area contributed by atoms with Gasteiger partial charge in [-0.3, -0.25) is 0 Å². The highest BCUT2D eigenvalue weighted by Gasteiger charge is 2.11. The highest BCUT2D eigenvalue weighted by molar-refractivity contribution is 5.43. The lowest BCUT2D eigenvalue weighted by atomic mass is 10.1. The molecule has 0 aliphatic carbocycles. The zero-order valence-electron chi connectivity index (χ0n) is 10.4. The molecule has 16 heavy (non-hydrogen) atoms. The molecule has 0 radical (unpaired) electrons. The molecule has 1 heterocycles. The Balaban J connectivity index is 2.79. The first-order valence-corrected chi connectivity index (χ1v) is 5.55. The van der Waals surface area contributed by atoms with Gasteiger partial charge in [-0.15, -0.1) is 0 Å². The average Bonchev–Trinajstić information content (AvgIpc) is 2.17. The Morgan fingerprint density at radius 3 is 2.62 bits per heavy atom. The van der Waals surface area contributed by atoms with Crippen molar-refractivity contribution in [3.05, 3.63) is 23.6 Å². The van der Waals surface area contributed by atoms with Gasteiger partial charge >= 0.3 is 0 Å². The van der Waals surface area contributed by atoms with Crippen LogP contribution in [0.4, 0.5) is 10.2 Å². The van der Waals surface area contributed by atoms with E-state index in [1.54, 1.807) is 0 Å². The van der Waals surface area contributed by atoms with E-state index in [9.17, 15) is 4.39 Å². The third kappa shape index (κ3) is 4.14. The minimum absolute atomic E-state index is 0.00972. The van der Waals surface area contributed by atoms with Crippen LogP contribution in [0.25, 0.3) is 0 Å². The van der Waals surface area contributed by atoms with Crippen LogP contribution in [0.1, 0.15) is 33.3 Å². The SMILES string of the molecule is CCNc1ncc(F)cc1CNC(C)(C)C. The van der Waals surface area contributed by atoms with Gasteiger partial charge in [0.25, 0.3) is 0 Å². The Labute approximate surface area is 96.5 Å². The van der Waals surface area contributed by atoms with E-state index in [1.165, 1.54) is 12.3 Å².